The number of likely N-dealkylation sites (tertiary alicyclic amines) is 1. The molecule has 1 aromatic rings. The Morgan fingerprint density at radius 1 is 1.24 bits per heavy atom. The highest BCUT2D eigenvalue weighted by molar-refractivity contribution is 5.22. The van der Waals surface area contributed by atoms with E-state index in [0.717, 1.165) is 13.1 Å². The SMILES string of the molecule is CC(C)NCc1ccc(CN(C)C2CCCN(C)C2)cc1. The topological polar surface area (TPSA) is 18.5 Å². The van der Waals surface area contributed by atoms with Crippen LogP contribution in [0.5, 0.6) is 0 Å². The van der Waals surface area contributed by atoms with E-state index < -0.39 is 0 Å². The van der Waals surface area contributed by atoms with Crippen LogP contribution in [0.2, 0.25) is 0 Å². The van der Waals surface area contributed by atoms with Crippen LogP contribution in [0.1, 0.15) is 37.8 Å². The van der Waals surface area contributed by atoms with Gasteiger partial charge in [0.15, 0.2) is 0 Å². The zero-order valence-electron chi connectivity index (χ0n) is 14.1. The Kier molecular flexibility index (Phi) is 6.22. The molecule has 0 aliphatic carbocycles. The minimum atomic E-state index is 0.541. The molecule has 0 bridgehead atoms. The van der Waals surface area contributed by atoms with Crippen molar-refractivity contribution in [3.8, 4) is 0 Å². The maximum Gasteiger partial charge on any atom is 0.0234 e. The van der Waals surface area contributed by atoms with Crippen molar-refractivity contribution in [2.24, 2.45) is 0 Å². The van der Waals surface area contributed by atoms with Crippen LogP contribution in [0.3, 0.4) is 0 Å². The standard InChI is InChI=1S/C18H31N3/c1-15(2)19-12-16-7-9-17(10-8-16)13-21(4)18-6-5-11-20(3)14-18/h7-10,15,18-19H,5-6,11-14H2,1-4H3. The molecule has 1 unspecified atom stereocenters. The van der Waals surface area contributed by atoms with E-state index in [4.69, 9.17) is 0 Å². The van der Waals surface area contributed by atoms with E-state index in [1.807, 2.05) is 0 Å². The largest absolute Gasteiger partial charge is 0.310 e. The van der Waals surface area contributed by atoms with Crippen molar-refractivity contribution >= 4 is 0 Å². The van der Waals surface area contributed by atoms with Crippen molar-refractivity contribution < 1.29 is 0 Å². The molecule has 1 aromatic carbocycles. The zero-order valence-corrected chi connectivity index (χ0v) is 14.1. The summed E-state index contributed by atoms with van der Waals surface area (Å²) in [5.74, 6) is 0. The summed E-state index contributed by atoms with van der Waals surface area (Å²) in [6, 6.07) is 10.3. The first-order chi connectivity index (χ1) is 10.0. The second-order valence-corrected chi connectivity index (χ2v) is 6.83. The van der Waals surface area contributed by atoms with Crippen molar-refractivity contribution in [2.75, 3.05) is 27.2 Å². The Bertz CT molecular complexity index is 413. The summed E-state index contributed by atoms with van der Waals surface area (Å²) in [5.41, 5.74) is 2.78. The van der Waals surface area contributed by atoms with Crippen LogP contribution < -0.4 is 5.32 Å². The number of hydrogen-bond donors (Lipinski definition) is 1. The minimum Gasteiger partial charge on any atom is -0.310 e. The van der Waals surface area contributed by atoms with Gasteiger partial charge in [-0.15, -0.1) is 0 Å². The zero-order chi connectivity index (χ0) is 15.2. The average molecular weight is 289 g/mol. The van der Waals surface area contributed by atoms with Crippen LogP contribution in [-0.4, -0.2) is 49.1 Å². The average Bonchev–Trinajstić information content (AvgIpc) is 2.46. The molecule has 118 valence electrons. The predicted octanol–water partition coefficient (Wildman–Crippen LogP) is 2.71. The number of hydrogen-bond acceptors (Lipinski definition) is 3. The molecular formula is C18H31N3. The number of likely N-dealkylation sites (N-methyl/N-ethyl adjacent to an activating group) is 2. The van der Waals surface area contributed by atoms with Crippen molar-refractivity contribution in [3.05, 3.63) is 35.4 Å². The molecule has 1 aliphatic rings. The number of benzene rings is 1. The van der Waals surface area contributed by atoms with Gasteiger partial charge in [0, 0.05) is 31.7 Å². The molecule has 2 rings (SSSR count). The molecule has 0 radical (unpaired) electrons. The van der Waals surface area contributed by atoms with Crippen LogP contribution in [0, 0.1) is 0 Å². The van der Waals surface area contributed by atoms with Gasteiger partial charge in [0.2, 0.25) is 0 Å². The first-order valence-electron chi connectivity index (χ1n) is 8.24. The molecule has 1 atom stereocenters. The van der Waals surface area contributed by atoms with E-state index in [1.54, 1.807) is 0 Å². The summed E-state index contributed by atoms with van der Waals surface area (Å²) >= 11 is 0. The van der Waals surface area contributed by atoms with E-state index >= 15 is 0 Å². The van der Waals surface area contributed by atoms with Gasteiger partial charge in [0.25, 0.3) is 0 Å². The number of piperidine rings is 1. The maximum atomic E-state index is 3.46. The van der Waals surface area contributed by atoms with Crippen LogP contribution in [0.15, 0.2) is 24.3 Å². The van der Waals surface area contributed by atoms with Crippen LogP contribution in [-0.2, 0) is 13.1 Å². The molecule has 1 fully saturated rings. The fraction of sp³-hybridized carbons (Fsp3) is 0.667. The van der Waals surface area contributed by atoms with Crippen LogP contribution >= 0.6 is 0 Å². The molecule has 21 heavy (non-hydrogen) atoms. The Morgan fingerprint density at radius 2 is 1.90 bits per heavy atom. The van der Waals surface area contributed by atoms with Gasteiger partial charge >= 0.3 is 0 Å². The minimum absolute atomic E-state index is 0.541. The lowest BCUT2D eigenvalue weighted by molar-refractivity contribution is 0.129. The summed E-state index contributed by atoms with van der Waals surface area (Å²) in [6.07, 6.45) is 2.66. The summed E-state index contributed by atoms with van der Waals surface area (Å²) < 4.78 is 0. The third kappa shape index (κ3) is 5.42. The fourth-order valence-electron chi connectivity index (χ4n) is 3.00. The smallest absolute Gasteiger partial charge is 0.0234 e. The highest BCUT2D eigenvalue weighted by Gasteiger charge is 2.20. The summed E-state index contributed by atoms with van der Waals surface area (Å²) in [6.45, 7) is 8.83. The monoisotopic (exact) mass is 289 g/mol. The molecule has 0 spiro atoms. The quantitative estimate of drug-likeness (QED) is 0.869. The molecule has 3 nitrogen and oxygen atoms in total. The molecule has 1 aliphatic heterocycles. The second-order valence-electron chi connectivity index (χ2n) is 6.83. The van der Waals surface area contributed by atoms with Gasteiger partial charge in [-0.1, -0.05) is 38.1 Å². The fourth-order valence-corrected chi connectivity index (χ4v) is 3.00. The van der Waals surface area contributed by atoms with Crippen molar-refractivity contribution in [1.82, 2.24) is 15.1 Å². The highest BCUT2D eigenvalue weighted by Crippen LogP contribution is 2.16. The summed E-state index contributed by atoms with van der Waals surface area (Å²) in [7, 11) is 4.49. The van der Waals surface area contributed by atoms with Crippen molar-refractivity contribution in [3.63, 3.8) is 0 Å². The van der Waals surface area contributed by atoms with Gasteiger partial charge in [-0.3, -0.25) is 4.90 Å². The van der Waals surface area contributed by atoms with E-state index in [9.17, 15) is 0 Å². The lowest BCUT2D eigenvalue weighted by Gasteiger charge is -2.35. The number of nitrogens with zero attached hydrogens (tertiary/aromatic N) is 2. The Morgan fingerprint density at radius 3 is 2.52 bits per heavy atom. The van der Waals surface area contributed by atoms with E-state index in [1.165, 1.54) is 37.1 Å². The van der Waals surface area contributed by atoms with Gasteiger partial charge in [-0.2, -0.15) is 0 Å². The van der Waals surface area contributed by atoms with Gasteiger partial charge in [0.05, 0.1) is 0 Å². The van der Waals surface area contributed by atoms with Gasteiger partial charge in [0.1, 0.15) is 0 Å². The normalized spacial score (nSPS) is 20.4. The third-order valence-electron chi connectivity index (χ3n) is 4.39. The molecule has 1 N–H and O–H groups in total. The van der Waals surface area contributed by atoms with E-state index in [-0.39, 0.29) is 0 Å². The first kappa shape index (κ1) is 16.5. The number of rotatable bonds is 6. The molecule has 0 amide bonds. The highest BCUT2D eigenvalue weighted by atomic mass is 15.2. The van der Waals surface area contributed by atoms with Crippen LogP contribution in [0.25, 0.3) is 0 Å². The maximum absolute atomic E-state index is 3.46. The Labute approximate surface area is 130 Å². The lowest BCUT2D eigenvalue weighted by atomic mass is 10.0. The van der Waals surface area contributed by atoms with E-state index in [0.29, 0.717) is 12.1 Å². The van der Waals surface area contributed by atoms with Gasteiger partial charge in [-0.25, -0.2) is 0 Å². The second kappa shape index (κ2) is 7.92. The molecular weight excluding hydrogens is 258 g/mol. The summed E-state index contributed by atoms with van der Waals surface area (Å²) in [4.78, 5) is 4.96. The lowest BCUT2D eigenvalue weighted by Crippen LogP contribution is -2.44. The predicted molar refractivity (Wildman–Crippen MR) is 90.4 cm³/mol. The molecule has 0 aromatic heterocycles. The first-order valence-corrected chi connectivity index (χ1v) is 8.24. The van der Waals surface area contributed by atoms with Crippen molar-refractivity contribution in [1.29, 1.82) is 0 Å². The molecule has 1 heterocycles. The van der Waals surface area contributed by atoms with Gasteiger partial charge < -0.3 is 10.2 Å². The number of nitrogens with one attached hydrogen (secondary N) is 1. The molecule has 3 heteroatoms. The van der Waals surface area contributed by atoms with Crippen LogP contribution in [0.4, 0.5) is 0 Å². The molecule has 0 saturated carbocycles. The van der Waals surface area contributed by atoms with E-state index in [2.05, 4.69) is 67.3 Å². The molecule has 1 saturated heterocycles. The third-order valence-corrected chi connectivity index (χ3v) is 4.39. The van der Waals surface area contributed by atoms with Crippen molar-refractivity contribution in [2.45, 2.75) is 51.9 Å². The Balaban J connectivity index is 1.84. The Hall–Kier alpha value is -0.900. The summed E-state index contributed by atoms with van der Waals surface area (Å²) in [5, 5.41) is 3.46. The van der Waals surface area contributed by atoms with Gasteiger partial charge in [-0.05, 0) is 44.6 Å².